The molecule has 0 aliphatic carbocycles. The van der Waals surface area contributed by atoms with Crippen molar-refractivity contribution in [1.82, 2.24) is 44.9 Å². The van der Waals surface area contributed by atoms with Crippen molar-refractivity contribution in [2.24, 2.45) is 0 Å². The van der Waals surface area contributed by atoms with Gasteiger partial charge < -0.3 is 0 Å². The average Bonchev–Trinajstić information content (AvgIpc) is 0.760. The maximum absolute atomic E-state index is 5.28. The molecule has 0 saturated carbocycles. The minimum absolute atomic E-state index is 0.632. The Kier molecular flexibility index (Phi) is 16.6. The second kappa shape index (κ2) is 27.4. The highest BCUT2D eigenvalue weighted by molar-refractivity contribution is 6.11. The lowest BCUT2D eigenvalue weighted by molar-refractivity contribution is 1.07. The van der Waals surface area contributed by atoms with Crippen LogP contribution in [0.1, 0.15) is 11.4 Å². The summed E-state index contributed by atoms with van der Waals surface area (Å²) in [7, 11) is 0. The van der Waals surface area contributed by atoms with Gasteiger partial charge in [0.05, 0.1) is 44.8 Å². The van der Waals surface area contributed by atoms with E-state index in [1.807, 2.05) is 117 Å². The van der Waals surface area contributed by atoms with E-state index in [9.17, 15) is 0 Å². The molecule has 18 aromatic rings. The zero-order chi connectivity index (χ0) is 68.3. The van der Waals surface area contributed by atoms with Gasteiger partial charge in [0.25, 0.3) is 0 Å². The number of aryl methyl sites for hydroxylation is 2. The van der Waals surface area contributed by atoms with E-state index in [1.54, 1.807) is 0 Å². The first-order chi connectivity index (χ1) is 50.3. The molecule has 102 heavy (non-hydrogen) atoms. The third-order valence-corrected chi connectivity index (χ3v) is 18.6. The summed E-state index contributed by atoms with van der Waals surface area (Å²) >= 11 is 0. The summed E-state index contributed by atoms with van der Waals surface area (Å²) in [6.07, 6.45) is 0. The molecule has 0 radical (unpaired) electrons. The van der Waals surface area contributed by atoms with E-state index >= 15 is 0 Å². The van der Waals surface area contributed by atoms with Crippen LogP contribution in [-0.2, 0) is 0 Å². The van der Waals surface area contributed by atoms with E-state index in [1.165, 1.54) is 0 Å². The Morgan fingerprint density at radius 3 is 0.824 bits per heavy atom. The van der Waals surface area contributed by atoms with Gasteiger partial charge >= 0.3 is 0 Å². The molecule has 0 unspecified atom stereocenters. The number of aromatic nitrogens is 9. The van der Waals surface area contributed by atoms with Gasteiger partial charge in [0, 0.05) is 77.4 Å². The lowest BCUT2D eigenvalue weighted by atomic mass is 9.95. The van der Waals surface area contributed by atoms with E-state index in [4.69, 9.17) is 44.9 Å². The van der Waals surface area contributed by atoms with Crippen LogP contribution in [0.4, 0.5) is 0 Å². The molecule has 9 heteroatoms. The minimum atomic E-state index is 0.632. The maximum Gasteiger partial charge on any atom is 0.164 e. The van der Waals surface area contributed by atoms with E-state index in [0.29, 0.717) is 23.3 Å². The van der Waals surface area contributed by atoms with Crippen LogP contribution in [-0.4, -0.2) is 44.9 Å². The van der Waals surface area contributed by atoms with E-state index in [2.05, 4.69) is 243 Å². The lowest BCUT2D eigenvalue weighted by Gasteiger charge is -2.13. The van der Waals surface area contributed by atoms with Crippen molar-refractivity contribution in [3.8, 4) is 135 Å². The predicted octanol–water partition coefficient (Wildman–Crippen LogP) is 23.2. The highest BCUT2D eigenvalue weighted by Crippen LogP contribution is 2.40. The summed E-state index contributed by atoms with van der Waals surface area (Å²) in [5.74, 6) is 2.62. The summed E-state index contributed by atoms with van der Waals surface area (Å²) in [5, 5.41) is 4.35. The predicted molar refractivity (Wildman–Crippen MR) is 418 cm³/mol. The molecule has 0 spiro atoms. The van der Waals surface area contributed by atoms with Crippen LogP contribution in [0.5, 0.6) is 0 Å². The summed E-state index contributed by atoms with van der Waals surface area (Å²) < 4.78 is 0. The molecule has 0 N–H and O–H groups in total. The number of hydrogen-bond donors (Lipinski definition) is 0. The molecule has 0 atom stereocenters. The Hall–Kier alpha value is -13.6. The minimum Gasteiger partial charge on any atom is -0.251 e. The zero-order valence-electron chi connectivity index (χ0n) is 55.9. The van der Waals surface area contributed by atoms with Crippen LogP contribution in [0.15, 0.2) is 346 Å². The van der Waals surface area contributed by atoms with Gasteiger partial charge in [-0.3, -0.25) is 9.97 Å². The van der Waals surface area contributed by atoms with Crippen LogP contribution >= 0.6 is 0 Å². The molecule has 9 nitrogen and oxygen atoms in total. The van der Waals surface area contributed by atoms with Gasteiger partial charge in [0.2, 0.25) is 0 Å². The molecule has 0 aliphatic rings. The van der Waals surface area contributed by atoms with Crippen molar-refractivity contribution in [2.45, 2.75) is 13.8 Å². The highest BCUT2D eigenvalue weighted by atomic mass is 15.0. The van der Waals surface area contributed by atoms with Gasteiger partial charge in [-0.1, -0.05) is 303 Å². The molecular weight excluding hydrogens is 1240 g/mol. The Balaban J connectivity index is 0.000000152. The van der Waals surface area contributed by atoms with Gasteiger partial charge in [0.1, 0.15) is 0 Å². The van der Waals surface area contributed by atoms with Crippen LogP contribution in [0.25, 0.3) is 179 Å². The van der Waals surface area contributed by atoms with Gasteiger partial charge in [-0.2, -0.15) is 0 Å². The van der Waals surface area contributed by atoms with Gasteiger partial charge in [-0.05, 0) is 101 Å². The zero-order valence-corrected chi connectivity index (χ0v) is 55.9. The number of nitrogens with zero attached hydrogens (tertiary/aromatic N) is 9. The molecule has 18 rings (SSSR count). The molecule has 6 aromatic heterocycles. The second-order valence-corrected chi connectivity index (χ2v) is 25.4. The standard InChI is InChI=1S/C47H32N4.C46H31N5/c1-31-20-21-36-26-27-40-41(33-12-5-2-6-13-33)29-42(49-46(40)45(36)48-31)39-19-11-18-38(28-39)32-22-24-37(25-23-32)47-50-43(34-14-7-3-8-15-34)30-44(51-47)35-16-9-4-10-17-35;1-30-20-21-33-26-27-39-40(32-12-5-2-6-13-32)29-41(48-43(39)42(33)47-30)38-19-11-18-37(28-38)31-22-24-36(25-23-31)46-50-44(34-14-7-3-8-15-34)49-45(51-46)35-16-9-4-10-17-35/h2-30H,1H3;2-29H,1H3. The lowest BCUT2D eigenvalue weighted by Crippen LogP contribution is -2.00. The van der Waals surface area contributed by atoms with Crippen molar-refractivity contribution >= 4 is 43.6 Å². The van der Waals surface area contributed by atoms with Crippen LogP contribution in [0.2, 0.25) is 0 Å². The Labute approximate surface area is 591 Å². The van der Waals surface area contributed by atoms with E-state index < -0.39 is 0 Å². The van der Waals surface area contributed by atoms with Gasteiger partial charge in [-0.25, -0.2) is 34.9 Å². The number of benzene rings is 12. The molecule has 6 heterocycles. The fourth-order valence-electron chi connectivity index (χ4n) is 13.3. The SMILES string of the molecule is Cc1ccc2ccc3c(-c4ccccc4)cc(-c4cccc(-c5ccc(-c6nc(-c7ccccc7)cc(-c7ccccc7)n6)cc5)c4)nc3c2n1.Cc1ccc2ccc3c(-c4ccccc4)cc(-c4cccc(-c5ccc(-c6nc(-c7ccccc7)nc(-c7ccccc7)n6)cc5)c4)nc3c2n1. The molecule has 0 fully saturated rings. The molecule has 0 amide bonds. The monoisotopic (exact) mass is 1310 g/mol. The fourth-order valence-corrected chi connectivity index (χ4v) is 13.3. The van der Waals surface area contributed by atoms with Crippen molar-refractivity contribution in [3.63, 3.8) is 0 Å². The number of rotatable bonds is 12. The molecule has 480 valence electrons. The molecule has 0 bridgehead atoms. The molecule has 12 aromatic carbocycles. The van der Waals surface area contributed by atoms with Crippen LogP contribution < -0.4 is 0 Å². The largest absolute Gasteiger partial charge is 0.251 e. The fraction of sp³-hybridized carbons (Fsp3) is 0.0215. The first-order valence-corrected chi connectivity index (χ1v) is 34.1. The topological polar surface area (TPSA) is 116 Å². The third kappa shape index (κ3) is 12.7. The van der Waals surface area contributed by atoms with Crippen LogP contribution in [0.3, 0.4) is 0 Å². The van der Waals surface area contributed by atoms with Crippen molar-refractivity contribution in [1.29, 1.82) is 0 Å². The molecule has 0 saturated heterocycles. The Morgan fingerprint density at radius 1 is 0.167 bits per heavy atom. The van der Waals surface area contributed by atoms with E-state index in [-0.39, 0.29) is 0 Å². The summed E-state index contributed by atoms with van der Waals surface area (Å²) in [5.41, 5.74) is 26.2. The quantitative estimate of drug-likeness (QED) is 0.110. The average molecular weight is 1310 g/mol. The normalized spacial score (nSPS) is 11.2. The Bertz CT molecular complexity index is 5610. The Morgan fingerprint density at radius 2 is 0.451 bits per heavy atom. The van der Waals surface area contributed by atoms with Crippen LogP contribution in [0, 0.1) is 13.8 Å². The smallest absolute Gasteiger partial charge is 0.164 e. The third-order valence-electron chi connectivity index (χ3n) is 18.6. The highest BCUT2D eigenvalue weighted by Gasteiger charge is 2.19. The maximum atomic E-state index is 5.28. The summed E-state index contributed by atoms with van der Waals surface area (Å²) in [6, 6.07) is 119. The molecular formula is C93H63N9. The number of hydrogen-bond acceptors (Lipinski definition) is 9. The molecule has 0 aliphatic heterocycles. The first-order valence-electron chi connectivity index (χ1n) is 34.1. The van der Waals surface area contributed by atoms with Crippen molar-refractivity contribution in [3.05, 3.63) is 357 Å². The van der Waals surface area contributed by atoms with Crippen molar-refractivity contribution < 1.29 is 0 Å². The number of pyridine rings is 4. The number of fused-ring (bicyclic) bond motifs is 6. The van der Waals surface area contributed by atoms with Gasteiger partial charge in [-0.15, -0.1) is 0 Å². The van der Waals surface area contributed by atoms with Crippen molar-refractivity contribution in [2.75, 3.05) is 0 Å². The second-order valence-electron chi connectivity index (χ2n) is 25.4. The van der Waals surface area contributed by atoms with E-state index in [0.717, 1.165) is 167 Å². The summed E-state index contributed by atoms with van der Waals surface area (Å²) in [6.45, 7) is 4.06. The first kappa shape index (κ1) is 61.9. The van der Waals surface area contributed by atoms with Gasteiger partial charge in [0.15, 0.2) is 23.3 Å². The summed E-state index contributed by atoms with van der Waals surface area (Å²) in [4.78, 5) is 45.1.